The monoisotopic (exact) mass is 557 g/mol. The molecule has 10 heteroatoms. The van der Waals surface area contributed by atoms with E-state index in [4.69, 9.17) is 15.2 Å². The molecule has 0 radical (unpaired) electrons. The summed E-state index contributed by atoms with van der Waals surface area (Å²) in [4.78, 5) is 25.1. The third kappa shape index (κ3) is 7.29. The summed E-state index contributed by atoms with van der Waals surface area (Å²) in [5, 5.41) is 9.86. The number of nitrogen functional groups attached to an aromatic ring is 1. The molecular formula is C31H32FN5O4. The Labute approximate surface area is 238 Å². The predicted molar refractivity (Wildman–Crippen MR) is 154 cm³/mol. The van der Waals surface area contributed by atoms with E-state index in [0.717, 1.165) is 37.3 Å². The molecule has 2 heterocycles. The van der Waals surface area contributed by atoms with Gasteiger partial charge >= 0.3 is 5.97 Å². The molecule has 212 valence electrons. The number of nitrogens with two attached hydrogens (primary N) is 1. The van der Waals surface area contributed by atoms with Crippen LogP contribution in [0.4, 0.5) is 16.2 Å². The summed E-state index contributed by atoms with van der Waals surface area (Å²) in [5.74, 6) is 0.818. The highest BCUT2D eigenvalue weighted by Crippen LogP contribution is 2.27. The lowest BCUT2D eigenvalue weighted by molar-refractivity contribution is -0.153. The van der Waals surface area contributed by atoms with E-state index >= 15 is 0 Å². The Hall–Kier alpha value is -4.70. The fourth-order valence-corrected chi connectivity index (χ4v) is 4.76. The minimum atomic E-state index is -1.44. The van der Waals surface area contributed by atoms with Gasteiger partial charge in [0.25, 0.3) is 0 Å². The van der Waals surface area contributed by atoms with Crippen LogP contribution in [-0.4, -0.2) is 57.7 Å². The number of nitrogens with zero attached hydrogens (tertiary/aromatic N) is 4. The molecule has 41 heavy (non-hydrogen) atoms. The van der Waals surface area contributed by atoms with Crippen LogP contribution >= 0.6 is 0 Å². The summed E-state index contributed by atoms with van der Waals surface area (Å²) in [6.45, 7) is 5.29. The van der Waals surface area contributed by atoms with Gasteiger partial charge in [-0.25, -0.2) is 9.18 Å². The van der Waals surface area contributed by atoms with Crippen LogP contribution in [-0.2, 0) is 17.8 Å². The van der Waals surface area contributed by atoms with Gasteiger partial charge in [-0.15, -0.1) is 0 Å². The number of hydrogen-bond acceptors (Lipinski definition) is 8. The highest BCUT2D eigenvalue weighted by Gasteiger charge is 2.36. The summed E-state index contributed by atoms with van der Waals surface area (Å²) < 4.78 is 25.3. The average Bonchev–Trinajstić information content (AvgIpc) is 2.95. The first-order valence-corrected chi connectivity index (χ1v) is 13.4. The molecule has 0 amide bonds. The van der Waals surface area contributed by atoms with Gasteiger partial charge in [0.05, 0.1) is 0 Å². The van der Waals surface area contributed by atoms with Gasteiger partial charge in [0.2, 0.25) is 17.4 Å². The fraction of sp³-hybridized carbons (Fsp3) is 0.258. The standard InChI is InChI=1S/C31H32FN5O4/c1-31(29(38)39,41-26-8-3-2-4-9-26)20-22-10-12-25(13-11-22)40-28-19-27(34-30(33)35-28)37-16-14-36(15-17-37)21-23-6-5-7-24(32)18-23/h2-13,18-19H,14-17,20-21H2,1H3,(H,38,39)(H2,33,34,35). The van der Waals surface area contributed by atoms with E-state index in [-0.39, 0.29) is 18.2 Å². The number of aliphatic carboxylic acids is 1. The van der Waals surface area contributed by atoms with Crippen molar-refractivity contribution in [1.82, 2.24) is 14.9 Å². The lowest BCUT2D eigenvalue weighted by atomic mass is 9.96. The third-order valence-electron chi connectivity index (χ3n) is 6.92. The second kappa shape index (κ2) is 12.2. The molecule has 0 aliphatic carbocycles. The number of carboxylic acid groups (broad SMARTS) is 1. The smallest absolute Gasteiger partial charge is 0.348 e. The van der Waals surface area contributed by atoms with E-state index in [0.29, 0.717) is 29.7 Å². The Kier molecular flexibility index (Phi) is 8.30. The summed E-state index contributed by atoms with van der Waals surface area (Å²) in [6.07, 6.45) is 0.160. The largest absolute Gasteiger partial charge is 0.478 e. The number of hydrogen-bond donors (Lipinski definition) is 2. The molecule has 1 unspecified atom stereocenters. The zero-order valence-corrected chi connectivity index (χ0v) is 22.7. The number of anilines is 2. The minimum Gasteiger partial charge on any atom is -0.478 e. The van der Waals surface area contributed by atoms with Crippen molar-refractivity contribution in [2.45, 2.75) is 25.5 Å². The SMILES string of the molecule is CC(Cc1ccc(Oc2cc(N3CCN(Cc4cccc(F)c4)CC3)nc(N)n2)cc1)(Oc1ccccc1)C(=O)O. The molecule has 5 rings (SSSR count). The molecule has 0 spiro atoms. The van der Waals surface area contributed by atoms with Crippen LogP contribution in [0.2, 0.25) is 0 Å². The van der Waals surface area contributed by atoms with Gasteiger partial charge in [0, 0.05) is 45.2 Å². The highest BCUT2D eigenvalue weighted by atomic mass is 19.1. The molecule has 1 aliphatic heterocycles. The van der Waals surface area contributed by atoms with Crippen molar-refractivity contribution in [3.8, 4) is 17.4 Å². The van der Waals surface area contributed by atoms with E-state index in [2.05, 4.69) is 19.8 Å². The van der Waals surface area contributed by atoms with Crippen LogP contribution < -0.4 is 20.1 Å². The summed E-state index contributed by atoms with van der Waals surface area (Å²) in [7, 11) is 0. The molecule has 0 saturated carbocycles. The van der Waals surface area contributed by atoms with Crippen molar-refractivity contribution in [1.29, 1.82) is 0 Å². The molecule has 1 fully saturated rings. The first-order chi connectivity index (χ1) is 19.8. The Balaban J connectivity index is 1.20. The van der Waals surface area contributed by atoms with Crippen LogP contribution in [0.1, 0.15) is 18.1 Å². The second-order valence-corrected chi connectivity index (χ2v) is 10.2. The van der Waals surface area contributed by atoms with E-state index in [1.807, 2.05) is 12.1 Å². The number of piperazine rings is 1. The first-order valence-electron chi connectivity index (χ1n) is 13.4. The maximum Gasteiger partial charge on any atom is 0.348 e. The average molecular weight is 558 g/mol. The molecule has 1 atom stereocenters. The van der Waals surface area contributed by atoms with Gasteiger partial charge in [-0.3, -0.25) is 4.90 Å². The van der Waals surface area contributed by atoms with Gasteiger partial charge in [-0.2, -0.15) is 9.97 Å². The number of halogens is 1. The second-order valence-electron chi connectivity index (χ2n) is 10.2. The summed E-state index contributed by atoms with van der Waals surface area (Å²) >= 11 is 0. The number of carboxylic acids is 1. The van der Waals surface area contributed by atoms with Crippen molar-refractivity contribution in [3.63, 3.8) is 0 Å². The summed E-state index contributed by atoms with van der Waals surface area (Å²) in [6, 6.07) is 24.4. The molecule has 3 aromatic carbocycles. The number of ether oxygens (including phenoxy) is 2. The van der Waals surface area contributed by atoms with Gasteiger partial charge < -0.3 is 25.2 Å². The lowest BCUT2D eigenvalue weighted by Crippen LogP contribution is -2.46. The van der Waals surface area contributed by atoms with Crippen LogP contribution in [0, 0.1) is 5.82 Å². The number of para-hydroxylation sites is 1. The highest BCUT2D eigenvalue weighted by molar-refractivity contribution is 5.78. The predicted octanol–water partition coefficient (Wildman–Crippen LogP) is 4.78. The van der Waals surface area contributed by atoms with Crippen molar-refractivity contribution in [3.05, 3.63) is 102 Å². The molecule has 1 aromatic heterocycles. The Morgan fingerprint density at radius 2 is 1.66 bits per heavy atom. The Bertz CT molecular complexity index is 1480. The van der Waals surface area contributed by atoms with E-state index < -0.39 is 11.6 Å². The Morgan fingerprint density at radius 1 is 0.927 bits per heavy atom. The number of rotatable bonds is 10. The van der Waals surface area contributed by atoms with Gasteiger partial charge in [0.15, 0.2) is 0 Å². The third-order valence-corrected chi connectivity index (χ3v) is 6.92. The van der Waals surface area contributed by atoms with Crippen molar-refractivity contribution in [2.24, 2.45) is 0 Å². The van der Waals surface area contributed by atoms with Gasteiger partial charge in [0.1, 0.15) is 23.1 Å². The maximum atomic E-state index is 13.5. The van der Waals surface area contributed by atoms with Crippen molar-refractivity contribution >= 4 is 17.7 Å². The molecule has 9 nitrogen and oxygen atoms in total. The lowest BCUT2D eigenvalue weighted by Gasteiger charge is -2.35. The normalized spacial score (nSPS) is 15.2. The van der Waals surface area contributed by atoms with Gasteiger partial charge in [-0.1, -0.05) is 42.5 Å². The van der Waals surface area contributed by atoms with E-state index in [9.17, 15) is 14.3 Å². The minimum absolute atomic E-state index is 0.103. The number of benzene rings is 3. The number of carbonyl (C=O) groups is 1. The van der Waals surface area contributed by atoms with Crippen LogP contribution in [0.3, 0.4) is 0 Å². The zero-order chi connectivity index (χ0) is 28.8. The molecular weight excluding hydrogens is 525 g/mol. The summed E-state index contributed by atoms with van der Waals surface area (Å²) in [5.41, 5.74) is 6.28. The molecule has 1 saturated heterocycles. The van der Waals surface area contributed by atoms with Crippen molar-refractivity contribution < 1.29 is 23.8 Å². The van der Waals surface area contributed by atoms with Crippen LogP contribution in [0.15, 0.2) is 84.9 Å². The van der Waals surface area contributed by atoms with Crippen LogP contribution in [0.25, 0.3) is 0 Å². The maximum absolute atomic E-state index is 13.5. The zero-order valence-electron chi connectivity index (χ0n) is 22.7. The molecule has 4 aromatic rings. The molecule has 1 aliphatic rings. The van der Waals surface area contributed by atoms with Crippen molar-refractivity contribution in [2.75, 3.05) is 36.8 Å². The first kappa shape index (κ1) is 27.9. The number of aromatic nitrogens is 2. The van der Waals surface area contributed by atoms with Crippen LogP contribution in [0.5, 0.6) is 17.4 Å². The van der Waals surface area contributed by atoms with Gasteiger partial charge in [-0.05, 0) is 54.4 Å². The quantitative estimate of drug-likeness (QED) is 0.284. The fourth-order valence-electron chi connectivity index (χ4n) is 4.76. The van der Waals surface area contributed by atoms with E-state index in [1.54, 1.807) is 73.7 Å². The molecule has 0 bridgehead atoms. The topological polar surface area (TPSA) is 114 Å². The Morgan fingerprint density at radius 3 is 2.34 bits per heavy atom. The molecule has 3 N–H and O–H groups in total. The van der Waals surface area contributed by atoms with E-state index in [1.165, 1.54) is 6.07 Å².